The molecule has 1 amide bonds. The van der Waals surface area contributed by atoms with E-state index < -0.39 is 11.9 Å². The fraction of sp³-hybridized carbons (Fsp3) is 0.143. The van der Waals surface area contributed by atoms with Crippen LogP contribution in [0.25, 0.3) is 0 Å². The van der Waals surface area contributed by atoms with Crippen LogP contribution in [0, 0.1) is 6.92 Å². The van der Waals surface area contributed by atoms with Crippen LogP contribution in [0.15, 0.2) is 60.9 Å². The minimum Gasteiger partial charge on any atom is -0.465 e. The van der Waals surface area contributed by atoms with E-state index in [1.807, 2.05) is 25.1 Å². The van der Waals surface area contributed by atoms with E-state index in [4.69, 9.17) is 0 Å². The topological polar surface area (TPSA) is 93.2 Å². The molecule has 0 fully saturated rings. The van der Waals surface area contributed by atoms with Gasteiger partial charge in [0.25, 0.3) is 5.91 Å². The zero-order valence-corrected chi connectivity index (χ0v) is 15.6. The van der Waals surface area contributed by atoms with Gasteiger partial charge in [0.1, 0.15) is 17.8 Å². The van der Waals surface area contributed by atoms with Crippen LogP contribution in [0.1, 0.15) is 32.0 Å². The first-order valence-corrected chi connectivity index (χ1v) is 8.66. The van der Waals surface area contributed by atoms with Crippen molar-refractivity contribution in [3.63, 3.8) is 0 Å². The lowest BCUT2D eigenvalue weighted by atomic mass is 10.1. The SMILES string of the molecule is COC(=O)c1cccc(NC(=O)c2cc(NCc3cccc(C)c3)ncn2)c1. The van der Waals surface area contributed by atoms with Crippen LogP contribution in [0.3, 0.4) is 0 Å². The van der Waals surface area contributed by atoms with Gasteiger partial charge in [-0.05, 0) is 30.7 Å². The van der Waals surface area contributed by atoms with Crippen molar-refractivity contribution < 1.29 is 14.3 Å². The first-order chi connectivity index (χ1) is 13.5. The molecule has 0 saturated heterocycles. The van der Waals surface area contributed by atoms with Gasteiger partial charge in [-0.1, -0.05) is 35.9 Å². The summed E-state index contributed by atoms with van der Waals surface area (Å²) < 4.78 is 4.69. The predicted molar refractivity (Wildman–Crippen MR) is 106 cm³/mol. The number of hydrogen-bond donors (Lipinski definition) is 2. The number of rotatable bonds is 6. The molecule has 3 rings (SSSR count). The number of hydrogen-bond acceptors (Lipinski definition) is 6. The summed E-state index contributed by atoms with van der Waals surface area (Å²) in [5.74, 6) is -0.325. The van der Waals surface area contributed by atoms with E-state index in [9.17, 15) is 9.59 Å². The van der Waals surface area contributed by atoms with Crippen molar-refractivity contribution in [2.24, 2.45) is 0 Å². The average Bonchev–Trinajstić information content (AvgIpc) is 2.72. The van der Waals surface area contributed by atoms with Crippen molar-refractivity contribution in [3.05, 3.63) is 83.3 Å². The molecule has 142 valence electrons. The van der Waals surface area contributed by atoms with Gasteiger partial charge in [-0.15, -0.1) is 0 Å². The number of aryl methyl sites for hydroxylation is 1. The third-order valence-corrected chi connectivity index (χ3v) is 4.00. The molecule has 2 N–H and O–H groups in total. The van der Waals surface area contributed by atoms with E-state index in [1.54, 1.807) is 30.3 Å². The van der Waals surface area contributed by atoms with Crippen molar-refractivity contribution >= 4 is 23.4 Å². The molecule has 3 aromatic rings. The second kappa shape index (κ2) is 8.77. The molecular formula is C21H20N4O3. The van der Waals surface area contributed by atoms with E-state index >= 15 is 0 Å². The Morgan fingerprint density at radius 3 is 2.64 bits per heavy atom. The first-order valence-electron chi connectivity index (χ1n) is 8.66. The minimum atomic E-state index is -0.472. The lowest BCUT2D eigenvalue weighted by molar-refractivity contribution is 0.0600. The molecule has 0 aliphatic heterocycles. The monoisotopic (exact) mass is 376 g/mol. The molecule has 28 heavy (non-hydrogen) atoms. The Hall–Kier alpha value is -3.74. The van der Waals surface area contributed by atoms with Gasteiger partial charge in [-0.2, -0.15) is 0 Å². The van der Waals surface area contributed by atoms with E-state index in [2.05, 4.69) is 31.4 Å². The summed E-state index contributed by atoms with van der Waals surface area (Å²) >= 11 is 0. The van der Waals surface area contributed by atoms with Crippen molar-refractivity contribution in [2.75, 3.05) is 17.7 Å². The zero-order valence-electron chi connectivity index (χ0n) is 15.6. The fourth-order valence-corrected chi connectivity index (χ4v) is 2.63. The highest BCUT2D eigenvalue weighted by Gasteiger charge is 2.11. The number of anilines is 2. The van der Waals surface area contributed by atoms with E-state index in [-0.39, 0.29) is 5.69 Å². The van der Waals surface area contributed by atoms with E-state index in [0.717, 1.165) is 5.56 Å². The molecule has 0 unspecified atom stereocenters. The lowest BCUT2D eigenvalue weighted by Gasteiger charge is -2.09. The normalized spacial score (nSPS) is 10.2. The second-order valence-corrected chi connectivity index (χ2v) is 6.16. The number of nitrogens with zero attached hydrogens (tertiary/aromatic N) is 2. The number of amides is 1. The van der Waals surface area contributed by atoms with Crippen LogP contribution in [-0.4, -0.2) is 29.0 Å². The molecule has 7 nitrogen and oxygen atoms in total. The molecule has 0 bridgehead atoms. The van der Waals surface area contributed by atoms with Crippen LogP contribution in [-0.2, 0) is 11.3 Å². The molecular weight excluding hydrogens is 356 g/mol. The first kappa shape index (κ1) is 19.0. The summed E-state index contributed by atoms with van der Waals surface area (Å²) in [5, 5.41) is 5.91. The molecule has 0 saturated carbocycles. The number of benzene rings is 2. The third kappa shape index (κ3) is 4.91. The number of nitrogens with one attached hydrogen (secondary N) is 2. The number of esters is 1. The Balaban J connectivity index is 1.67. The Morgan fingerprint density at radius 1 is 1.04 bits per heavy atom. The largest absolute Gasteiger partial charge is 0.465 e. The number of carbonyl (C=O) groups is 2. The van der Waals surface area contributed by atoms with E-state index in [0.29, 0.717) is 23.6 Å². The lowest BCUT2D eigenvalue weighted by Crippen LogP contribution is -2.15. The second-order valence-electron chi connectivity index (χ2n) is 6.16. The minimum absolute atomic E-state index is 0.213. The van der Waals surface area contributed by atoms with Crippen LogP contribution in [0.2, 0.25) is 0 Å². The van der Waals surface area contributed by atoms with Gasteiger partial charge in [-0.3, -0.25) is 4.79 Å². The maximum Gasteiger partial charge on any atom is 0.337 e. The molecule has 2 aromatic carbocycles. The van der Waals surface area contributed by atoms with Gasteiger partial charge in [0.2, 0.25) is 0 Å². The van der Waals surface area contributed by atoms with Crippen LogP contribution in [0.5, 0.6) is 0 Å². The van der Waals surface area contributed by atoms with Crippen molar-refractivity contribution in [1.29, 1.82) is 0 Å². The molecule has 0 aliphatic carbocycles. The summed E-state index contributed by atoms with van der Waals surface area (Å²) in [6.45, 7) is 2.62. The molecule has 0 atom stereocenters. The van der Waals surface area contributed by atoms with Crippen LogP contribution < -0.4 is 10.6 Å². The summed E-state index contributed by atoms with van der Waals surface area (Å²) in [4.78, 5) is 32.3. The van der Waals surface area contributed by atoms with Gasteiger partial charge in [0.05, 0.1) is 12.7 Å². The van der Waals surface area contributed by atoms with Gasteiger partial charge in [-0.25, -0.2) is 14.8 Å². The quantitative estimate of drug-likeness (QED) is 0.640. The van der Waals surface area contributed by atoms with Crippen molar-refractivity contribution in [1.82, 2.24) is 9.97 Å². The fourth-order valence-electron chi connectivity index (χ4n) is 2.63. The molecule has 1 aromatic heterocycles. The molecule has 0 aliphatic rings. The summed E-state index contributed by atoms with van der Waals surface area (Å²) in [7, 11) is 1.31. The van der Waals surface area contributed by atoms with Crippen LogP contribution >= 0.6 is 0 Å². The summed E-state index contributed by atoms with van der Waals surface area (Å²) in [5.41, 5.74) is 3.33. The molecule has 1 heterocycles. The van der Waals surface area contributed by atoms with Gasteiger partial charge in [0.15, 0.2) is 0 Å². The highest BCUT2D eigenvalue weighted by molar-refractivity contribution is 6.03. The Labute approximate surface area is 162 Å². The standard InChI is InChI=1S/C21H20N4O3/c1-14-5-3-6-15(9-14)12-22-19-11-18(23-13-24-19)20(26)25-17-8-4-7-16(10-17)21(27)28-2/h3-11,13H,12H2,1-2H3,(H,25,26)(H,22,23,24). The van der Waals surface area contributed by atoms with Gasteiger partial charge >= 0.3 is 5.97 Å². The smallest absolute Gasteiger partial charge is 0.337 e. The summed E-state index contributed by atoms with van der Waals surface area (Å²) in [6.07, 6.45) is 1.33. The predicted octanol–water partition coefficient (Wildman–Crippen LogP) is 3.44. The average molecular weight is 376 g/mol. The van der Waals surface area contributed by atoms with Crippen LogP contribution in [0.4, 0.5) is 11.5 Å². The number of methoxy groups -OCH3 is 1. The molecule has 0 spiro atoms. The van der Waals surface area contributed by atoms with Gasteiger partial charge < -0.3 is 15.4 Å². The zero-order chi connectivity index (χ0) is 19.9. The number of aromatic nitrogens is 2. The Bertz CT molecular complexity index is 1000. The highest BCUT2D eigenvalue weighted by atomic mass is 16.5. The third-order valence-electron chi connectivity index (χ3n) is 4.00. The molecule has 0 radical (unpaired) electrons. The van der Waals surface area contributed by atoms with Crippen molar-refractivity contribution in [3.8, 4) is 0 Å². The van der Waals surface area contributed by atoms with Crippen molar-refractivity contribution in [2.45, 2.75) is 13.5 Å². The number of ether oxygens (including phenoxy) is 1. The maximum absolute atomic E-state index is 12.5. The summed E-state index contributed by atoms with van der Waals surface area (Å²) in [6, 6.07) is 16.2. The van der Waals surface area contributed by atoms with E-state index in [1.165, 1.54) is 19.0 Å². The Morgan fingerprint density at radius 2 is 1.86 bits per heavy atom. The van der Waals surface area contributed by atoms with Gasteiger partial charge in [0, 0.05) is 18.3 Å². The number of carbonyl (C=O) groups excluding carboxylic acids is 2. The molecule has 7 heteroatoms. The highest BCUT2D eigenvalue weighted by Crippen LogP contribution is 2.14. The maximum atomic E-state index is 12.5. The Kier molecular flexibility index (Phi) is 5.96.